The minimum absolute atomic E-state index is 0.0165. The maximum absolute atomic E-state index is 11.4. The molecule has 0 saturated carbocycles. The quantitative estimate of drug-likeness (QED) is 0.523. The SMILES string of the molecule is CC[C@H]1CN(c2ncc(NS(C)=O)cc2Cl)CCN1C1CCN(C(CO)c2ccc(Cl)cc2)CC1. The molecule has 10 heteroatoms. The molecule has 7 nitrogen and oxygen atoms in total. The lowest BCUT2D eigenvalue weighted by Gasteiger charge is -2.48. The Bertz CT molecular complexity index is 1000. The summed E-state index contributed by atoms with van der Waals surface area (Å²) in [7, 11) is -1.16. The number of hydrogen-bond acceptors (Lipinski definition) is 6. The zero-order valence-corrected chi connectivity index (χ0v) is 22.7. The first kappa shape index (κ1) is 26.6. The van der Waals surface area contributed by atoms with Crippen molar-refractivity contribution in [2.75, 3.05) is 55.2 Å². The molecule has 1 aromatic carbocycles. The Balaban J connectivity index is 1.36. The van der Waals surface area contributed by atoms with Gasteiger partial charge < -0.3 is 14.7 Å². The molecule has 3 heterocycles. The molecule has 2 fully saturated rings. The highest BCUT2D eigenvalue weighted by Crippen LogP contribution is 2.32. The second-order valence-corrected chi connectivity index (χ2v) is 11.3. The first-order chi connectivity index (χ1) is 16.9. The summed E-state index contributed by atoms with van der Waals surface area (Å²) in [6.45, 7) is 7.03. The van der Waals surface area contributed by atoms with E-state index in [9.17, 15) is 9.32 Å². The lowest BCUT2D eigenvalue weighted by molar-refractivity contribution is 0.0356. The van der Waals surface area contributed by atoms with E-state index in [2.05, 4.69) is 31.3 Å². The predicted molar refractivity (Wildman–Crippen MR) is 146 cm³/mol. The van der Waals surface area contributed by atoms with E-state index in [0.29, 0.717) is 22.8 Å². The topological polar surface area (TPSA) is 71.9 Å². The molecule has 2 aromatic rings. The molecule has 3 atom stereocenters. The van der Waals surface area contributed by atoms with Crippen molar-refractivity contribution in [3.8, 4) is 0 Å². The molecule has 0 aliphatic carbocycles. The van der Waals surface area contributed by atoms with Gasteiger partial charge in [0.05, 0.1) is 29.6 Å². The average molecular weight is 541 g/mol. The number of likely N-dealkylation sites (tertiary alicyclic amines) is 1. The summed E-state index contributed by atoms with van der Waals surface area (Å²) in [6.07, 6.45) is 6.53. The zero-order valence-electron chi connectivity index (χ0n) is 20.4. The number of piperidine rings is 1. The van der Waals surface area contributed by atoms with Crippen molar-refractivity contribution in [2.24, 2.45) is 0 Å². The fourth-order valence-electron chi connectivity index (χ4n) is 5.44. The van der Waals surface area contributed by atoms with Crippen LogP contribution in [0.3, 0.4) is 0 Å². The van der Waals surface area contributed by atoms with Crippen LogP contribution >= 0.6 is 23.2 Å². The van der Waals surface area contributed by atoms with Crippen LogP contribution in [0, 0.1) is 0 Å². The third kappa shape index (κ3) is 6.48. The van der Waals surface area contributed by atoms with Crippen molar-refractivity contribution in [2.45, 2.75) is 44.3 Å². The largest absolute Gasteiger partial charge is 0.394 e. The highest BCUT2D eigenvalue weighted by atomic mass is 35.5. The van der Waals surface area contributed by atoms with E-state index in [-0.39, 0.29) is 12.6 Å². The maximum atomic E-state index is 11.4. The smallest absolute Gasteiger partial charge is 0.147 e. The maximum Gasteiger partial charge on any atom is 0.147 e. The van der Waals surface area contributed by atoms with Gasteiger partial charge in [0, 0.05) is 56.1 Å². The van der Waals surface area contributed by atoms with E-state index in [4.69, 9.17) is 23.2 Å². The third-order valence-electron chi connectivity index (χ3n) is 7.22. The molecule has 2 N–H and O–H groups in total. The predicted octanol–water partition coefficient (Wildman–Crippen LogP) is 4.19. The number of nitrogens with one attached hydrogen (secondary N) is 1. The van der Waals surface area contributed by atoms with Gasteiger partial charge >= 0.3 is 0 Å². The van der Waals surface area contributed by atoms with Gasteiger partial charge in [-0.05, 0) is 43.0 Å². The molecule has 2 aliphatic heterocycles. The summed E-state index contributed by atoms with van der Waals surface area (Å²) < 4.78 is 14.3. The van der Waals surface area contributed by atoms with Gasteiger partial charge in [0.25, 0.3) is 0 Å². The Morgan fingerprint density at radius 3 is 2.49 bits per heavy atom. The van der Waals surface area contributed by atoms with E-state index in [1.165, 1.54) is 0 Å². The molecule has 0 bridgehead atoms. The summed E-state index contributed by atoms with van der Waals surface area (Å²) in [5, 5.41) is 11.4. The van der Waals surface area contributed by atoms with Crippen LogP contribution in [0.4, 0.5) is 11.5 Å². The number of aromatic nitrogens is 1. The molecule has 2 saturated heterocycles. The summed E-state index contributed by atoms with van der Waals surface area (Å²) >= 11 is 12.6. The Morgan fingerprint density at radius 1 is 1.17 bits per heavy atom. The van der Waals surface area contributed by atoms with Crippen LogP contribution in [0.5, 0.6) is 0 Å². The monoisotopic (exact) mass is 539 g/mol. The Labute approximate surface area is 221 Å². The fraction of sp³-hybridized carbons (Fsp3) is 0.560. The summed E-state index contributed by atoms with van der Waals surface area (Å²) in [5.41, 5.74) is 1.78. The average Bonchev–Trinajstić information content (AvgIpc) is 2.85. The van der Waals surface area contributed by atoms with E-state index >= 15 is 0 Å². The standard InChI is InChI=1S/C25H35Cl2N5O2S/c1-3-21-16-31(25-23(27)14-20(15-28-25)29-35(2)34)12-13-32(21)22-8-10-30(11-9-22)24(17-33)18-4-6-19(26)7-5-18/h4-7,14-15,21-22,24,29,33H,3,8-13,16-17H2,1-2H3/t21-,24?,35?/m0/s1. The molecule has 4 rings (SSSR count). The highest BCUT2D eigenvalue weighted by molar-refractivity contribution is 7.85. The number of anilines is 2. The number of nitrogens with zero attached hydrogens (tertiary/aromatic N) is 4. The lowest BCUT2D eigenvalue weighted by atomic mass is 9.96. The molecule has 2 aliphatic rings. The number of benzene rings is 1. The summed E-state index contributed by atoms with van der Waals surface area (Å²) in [6, 6.07) is 10.6. The van der Waals surface area contributed by atoms with Gasteiger partial charge in [0.1, 0.15) is 16.8 Å². The number of hydrogen-bond donors (Lipinski definition) is 2. The van der Waals surface area contributed by atoms with Crippen molar-refractivity contribution in [1.29, 1.82) is 0 Å². The van der Waals surface area contributed by atoms with Gasteiger partial charge in [0.15, 0.2) is 0 Å². The van der Waals surface area contributed by atoms with Crippen LogP contribution in [0.1, 0.15) is 37.8 Å². The van der Waals surface area contributed by atoms with Gasteiger partial charge in [-0.3, -0.25) is 9.80 Å². The number of aliphatic hydroxyl groups is 1. The Morgan fingerprint density at radius 2 is 1.89 bits per heavy atom. The van der Waals surface area contributed by atoms with Crippen molar-refractivity contribution < 1.29 is 9.32 Å². The molecule has 0 spiro atoms. The zero-order chi connectivity index (χ0) is 24.9. The van der Waals surface area contributed by atoms with E-state index in [1.54, 1.807) is 18.5 Å². The highest BCUT2D eigenvalue weighted by Gasteiger charge is 2.35. The molecule has 0 radical (unpaired) electrons. The normalized spacial score (nSPS) is 22.2. The second kappa shape index (κ2) is 12.2. The molecule has 192 valence electrons. The van der Waals surface area contributed by atoms with Gasteiger partial charge in [-0.1, -0.05) is 42.3 Å². The van der Waals surface area contributed by atoms with Crippen molar-refractivity contribution in [1.82, 2.24) is 14.8 Å². The minimum atomic E-state index is -1.16. The van der Waals surface area contributed by atoms with Gasteiger partial charge in [0.2, 0.25) is 0 Å². The molecule has 1 aromatic heterocycles. The Kier molecular flexibility index (Phi) is 9.29. The van der Waals surface area contributed by atoms with Crippen molar-refractivity contribution >= 4 is 45.7 Å². The van der Waals surface area contributed by atoms with Gasteiger partial charge in [-0.15, -0.1) is 0 Å². The minimum Gasteiger partial charge on any atom is -0.394 e. The van der Waals surface area contributed by atoms with Crippen LogP contribution in [0.2, 0.25) is 10.0 Å². The Hall–Kier alpha value is -1.42. The van der Waals surface area contributed by atoms with Crippen LogP contribution < -0.4 is 9.62 Å². The summed E-state index contributed by atoms with van der Waals surface area (Å²) in [4.78, 5) is 11.9. The molecular weight excluding hydrogens is 505 g/mol. The molecule has 0 amide bonds. The molecule has 35 heavy (non-hydrogen) atoms. The number of rotatable bonds is 8. The van der Waals surface area contributed by atoms with Crippen molar-refractivity contribution in [3.63, 3.8) is 0 Å². The van der Waals surface area contributed by atoms with Crippen molar-refractivity contribution in [3.05, 3.63) is 52.1 Å². The van der Waals surface area contributed by atoms with Crippen LogP contribution in [-0.4, -0.2) is 81.8 Å². The summed E-state index contributed by atoms with van der Waals surface area (Å²) in [5.74, 6) is 0.792. The molecular formula is C25H35Cl2N5O2S. The van der Waals surface area contributed by atoms with Gasteiger partial charge in [-0.2, -0.15) is 0 Å². The van der Waals surface area contributed by atoms with Crippen LogP contribution in [-0.2, 0) is 11.0 Å². The van der Waals surface area contributed by atoms with Crippen LogP contribution in [0.25, 0.3) is 0 Å². The lowest BCUT2D eigenvalue weighted by Crippen LogP contribution is -2.58. The fourth-order valence-corrected chi connectivity index (χ4v) is 6.29. The van der Waals surface area contributed by atoms with Gasteiger partial charge in [-0.25, -0.2) is 9.19 Å². The first-order valence-electron chi connectivity index (χ1n) is 12.3. The first-order valence-corrected chi connectivity index (χ1v) is 14.6. The number of pyridine rings is 1. The second-order valence-electron chi connectivity index (χ2n) is 9.35. The van der Waals surface area contributed by atoms with Crippen LogP contribution in [0.15, 0.2) is 36.5 Å². The number of aliphatic hydroxyl groups excluding tert-OH is 1. The number of halogens is 2. The van der Waals surface area contributed by atoms with E-state index < -0.39 is 11.0 Å². The third-order valence-corrected chi connectivity index (χ3v) is 8.27. The van der Waals surface area contributed by atoms with E-state index in [0.717, 1.165) is 68.4 Å². The number of piperazine rings is 1. The van der Waals surface area contributed by atoms with E-state index in [1.807, 2.05) is 24.3 Å². The molecule has 2 unspecified atom stereocenters.